The SMILES string of the molecule is COC(=O)c1ccc(CCc2cc(OC)c(OC)cc2CCCCO)cc1. The quantitative estimate of drug-likeness (QED) is 0.510. The molecule has 0 aliphatic heterocycles. The van der Waals surface area contributed by atoms with Crippen molar-refractivity contribution in [3.05, 3.63) is 58.7 Å². The number of esters is 1. The molecule has 0 fully saturated rings. The summed E-state index contributed by atoms with van der Waals surface area (Å²) in [6, 6.07) is 11.6. The van der Waals surface area contributed by atoms with Gasteiger partial charge in [0.2, 0.25) is 0 Å². The molecular weight excluding hydrogens is 344 g/mol. The summed E-state index contributed by atoms with van der Waals surface area (Å²) in [6.45, 7) is 0.204. The lowest BCUT2D eigenvalue weighted by molar-refractivity contribution is 0.0600. The first kappa shape index (κ1) is 20.8. The van der Waals surface area contributed by atoms with E-state index < -0.39 is 0 Å². The third-order valence-corrected chi connectivity index (χ3v) is 4.62. The van der Waals surface area contributed by atoms with Gasteiger partial charge in [-0.05, 0) is 73.1 Å². The van der Waals surface area contributed by atoms with Gasteiger partial charge in [0, 0.05) is 6.61 Å². The van der Waals surface area contributed by atoms with Crippen molar-refractivity contribution in [3.63, 3.8) is 0 Å². The Kier molecular flexibility index (Phi) is 8.14. The van der Waals surface area contributed by atoms with E-state index in [1.807, 2.05) is 24.3 Å². The second-order valence-corrected chi connectivity index (χ2v) is 6.35. The molecule has 1 N–H and O–H groups in total. The zero-order chi connectivity index (χ0) is 19.6. The van der Waals surface area contributed by atoms with E-state index in [1.54, 1.807) is 26.4 Å². The van der Waals surface area contributed by atoms with E-state index in [2.05, 4.69) is 0 Å². The van der Waals surface area contributed by atoms with Crippen molar-refractivity contribution >= 4 is 5.97 Å². The van der Waals surface area contributed by atoms with Gasteiger partial charge in [-0.3, -0.25) is 0 Å². The Labute approximate surface area is 160 Å². The maximum absolute atomic E-state index is 11.5. The number of benzene rings is 2. The number of hydrogen-bond donors (Lipinski definition) is 1. The van der Waals surface area contributed by atoms with E-state index in [0.29, 0.717) is 5.56 Å². The highest BCUT2D eigenvalue weighted by Crippen LogP contribution is 2.32. The summed E-state index contributed by atoms with van der Waals surface area (Å²) in [7, 11) is 4.65. The number of rotatable bonds is 10. The topological polar surface area (TPSA) is 65.0 Å². The molecule has 0 aliphatic carbocycles. The van der Waals surface area contributed by atoms with Gasteiger partial charge in [0.05, 0.1) is 26.9 Å². The molecule has 5 nitrogen and oxygen atoms in total. The molecule has 0 saturated carbocycles. The van der Waals surface area contributed by atoms with Crippen molar-refractivity contribution in [2.45, 2.75) is 32.1 Å². The van der Waals surface area contributed by atoms with Crippen LogP contribution in [0.1, 0.15) is 39.9 Å². The third kappa shape index (κ3) is 5.73. The average Bonchev–Trinajstić information content (AvgIpc) is 2.72. The number of hydrogen-bond acceptors (Lipinski definition) is 5. The number of unbranched alkanes of at least 4 members (excludes halogenated alkanes) is 1. The van der Waals surface area contributed by atoms with Crippen LogP contribution in [0.4, 0.5) is 0 Å². The molecular formula is C22H28O5. The summed E-state index contributed by atoms with van der Waals surface area (Å²) in [4.78, 5) is 11.5. The van der Waals surface area contributed by atoms with Crippen LogP contribution in [0.25, 0.3) is 0 Å². The summed E-state index contributed by atoms with van der Waals surface area (Å²) in [5.41, 5.74) is 4.13. The van der Waals surface area contributed by atoms with E-state index in [1.165, 1.54) is 18.2 Å². The number of methoxy groups -OCH3 is 3. The number of carbonyl (C=O) groups excluding carboxylic acids is 1. The Bertz CT molecular complexity index is 737. The van der Waals surface area contributed by atoms with E-state index >= 15 is 0 Å². The molecule has 0 atom stereocenters. The van der Waals surface area contributed by atoms with E-state index in [4.69, 9.17) is 19.3 Å². The molecule has 2 rings (SSSR count). The highest BCUT2D eigenvalue weighted by molar-refractivity contribution is 5.89. The molecule has 27 heavy (non-hydrogen) atoms. The van der Waals surface area contributed by atoms with E-state index in [-0.39, 0.29) is 12.6 Å². The zero-order valence-corrected chi connectivity index (χ0v) is 16.3. The Balaban J connectivity index is 2.16. The van der Waals surface area contributed by atoms with Crippen molar-refractivity contribution in [1.82, 2.24) is 0 Å². The van der Waals surface area contributed by atoms with Gasteiger partial charge in [0.15, 0.2) is 11.5 Å². The Morgan fingerprint density at radius 1 is 0.852 bits per heavy atom. The normalized spacial score (nSPS) is 10.5. The number of ether oxygens (including phenoxy) is 3. The monoisotopic (exact) mass is 372 g/mol. The molecule has 2 aromatic carbocycles. The number of carbonyl (C=O) groups is 1. The lowest BCUT2D eigenvalue weighted by Crippen LogP contribution is -2.03. The Morgan fingerprint density at radius 3 is 1.96 bits per heavy atom. The van der Waals surface area contributed by atoms with Gasteiger partial charge in [-0.15, -0.1) is 0 Å². The van der Waals surface area contributed by atoms with Gasteiger partial charge >= 0.3 is 5.97 Å². The maximum Gasteiger partial charge on any atom is 0.337 e. The van der Waals surface area contributed by atoms with Crippen LogP contribution in [0.3, 0.4) is 0 Å². The highest BCUT2D eigenvalue weighted by atomic mass is 16.5. The van der Waals surface area contributed by atoms with Gasteiger partial charge in [0.1, 0.15) is 0 Å². The van der Waals surface area contributed by atoms with Crippen LogP contribution >= 0.6 is 0 Å². The molecule has 0 spiro atoms. The van der Waals surface area contributed by atoms with Crippen molar-refractivity contribution < 1.29 is 24.1 Å². The van der Waals surface area contributed by atoms with Crippen LogP contribution < -0.4 is 9.47 Å². The first-order valence-electron chi connectivity index (χ1n) is 9.14. The van der Waals surface area contributed by atoms with Crippen LogP contribution in [0.5, 0.6) is 11.5 Å². The molecule has 0 radical (unpaired) electrons. The molecule has 0 amide bonds. The second kappa shape index (κ2) is 10.6. The number of aliphatic hydroxyl groups is 1. The van der Waals surface area contributed by atoms with Crippen LogP contribution in [0.15, 0.2) is 36.4 Å². The second-order valence-electron chi connectivity index (χ2n) is 6.35. The highest BCUT2D eigenvalue weighted by Gasteiger charge is 2.12. The van der Waals surface area contributed by atoms with Gasteiger partial charge in [-0.1, -0.05) is 12.1 Å². The molecule has 0 saturated heterocycles. The molecule has 2 aromatic rings. The molecule has 0 aromatic heterocycles. The summed E-state index contributed by atoms with van der Waals surface area (Å²) in [6.07, 6.45) is 4.30. The standard InChI is InChI=1S/C22H28O5/c1-25-20-14-18(6-4-5-13-23)19(15-21(20)26-2)12-9-16-7-10-17(11-8-16)22(24)27-3/h7-8,10-11,14-15,23H,4-6,9,12-13H2,1-3H3. The summed E-state index contributed by atoms with van der Waals surface area (Å²) >= 11 is 0. The largest absolute Gasteiger partial charge is 0.493 e. The van der Waals surface area contributed by atoms with Crippen LogP contribution in [0.2, 0.25) is 0 Å². The molecule has 0 unspecified atom stereocenters. The molecule has 146 valence electrons. The fourth-order valence-corrected chi connectivity index (χ4v) is 3.06. The van der Waals surface area contributed by atoms with Crippen molar-refractivity contribution in [3.8, 4) is 11.5 Å². The lowest BCUT2D eigenvalue weighted by Gasteiger charge is -2.15. The predicted molar refractivity (Wildman–Crippen MR) is 105 cm³/mol. The van der Waals surface area contributed by atoms with Gasteiger partial charge < -0.3 is 19.3 Å². The van der Waals surface area contributed by atoms with Gasteiger partial charge in [0.25, 0.3) is 0 Å². The maximum atomic E-state index is 11.5. The minimum atomic E-state index is -0.326. The van der Waals surface area contributed by atoms with Crippen molar-refractivity contribution in [2.24, 2.45) is 0 Å². The molecule has 5 heteroatoms. The van der Waals surface area contributed by atoms with Crippen LogP contribution in [-0.2, 0) is 24.0 Å². The van der Waals surface area contributed by atoms with Crippen LogP contribution in [0, 0.1) is 0 Å². The first-order valence-corrected chi connectivity index (χ1v) is 9.14. The Morgan fingerprint density at radius 2 is 1.44 bits per heavy atom. The summed E-state index contributed by atoms with van der Waals surface area (Å²) < 4.78 is 15.6. The molecule has 0 bridgehead atoms. The number of aryl methyl sites for hydroxylation is 3. The first-order chi connectivity index (χ1) is 13.1. The lowest BCUT2D eigenvalue weighted by atomic mass is 9.95. The molecule has 0 heterocycles. The summed E-state index contributed by atoms with van der Waals surface area (Å²) in [5.74, 6) is 1.12. The van der Waals surface area contributed by atoms with Gasteiger partial charge in [-0.25, -0.2) is 4.79 Å². The van der Waals surface area contributed by atoms with E-state index in [9.17, 15) is 4.79 Å². The van der Waals surface area contributed by atoms with Gasteiger partial charge in [-0.2, -0.15) is 0 Å². The fourth-order valence-electron chi connectivity index (χ4n) is 3.06. The van der Waals surface area contributed by atoms with Crippen molar-refractivity contribution in [1.29, 1.82) is 0 Å². The van der Waals surface area contributed by atoms with Crippen LogP contribution in [-0.4, -0.2) is 39.0 Å². The molecule has 0 aliphatic rings. The number of aliphatic hydroxyl groups excluding tert-OH is 1. The minimum Gasteiger partial charge on any atom is -0.493 e. The van der Waals surface area contributed by atoms with Crippen molar-refractivity contribution in [2.75, 3.05) is 27.9 Å². The zero-order valence-electron chi connectivity index (χ0n) is 16.3. The third-order valence-electron chi connectivity index (χ3n) is 4.62. The average molecular weight is 372 g/mol. The predicted octanol–water partition coefficient (Wildman–Crippen LogP) is 3.59. The fraction of sp³-hybridized carbons (Fsp3) is 0.409. The minimum absolute atomic E-state index is 0.204. The summed E-state index contributed by atoms with van der Waals surface area (Å²) in [5, 5.41) is 9.05. The smallest absolute Gasteiger partial charge is 0.337 e. The van der Waals surface area contributed by atoms with E-state index in [0.717, 1.165) is 49.2 Å². The Hall–Kier alpha value is -2.53.